The molecule has 6 heteroatoms. The van der Waals surface area contributed by atoms with Crippen molar-refractivity contribution in [3.63, 3.8) is 0 Å². The highest BCUT2D eigenvalue weighted by molar-refractivity contribution is 6.30. The van der Waals surface area contributed by atoms with Crippen LogP contribution in [0.4, 0.5) is 0 Å². The maximum Gasteiger partial charge on any atom is 0.227 e. The molecule has 0 atom stereocenters. The van der Waals surface area contributed by atoms with E-state index in [-0.39, 0.29) is 40.6 Å². The van der Waals surface area contributed by atoms with E-state index in [1.54, 1.807) is 65.5 Å². The van der Waals surface area contributed by atoms with Gasteiger partial charge in [-0.3, -0.25) is 9.59 Å². The Balaban J connectivity index is 0.00000169. The molecule has 0 saturated carbocycles. The Hall–Kier alpha value is -2.34. The second-order valence-electron chi connectivity index (χ2n) is 5.38. The van der Waals surface area contributed by atoms with Crippen LogP contribution in [0, 0.1) is 0 Å². The Morgan fingerprint density at radius 1 is 0.769 bits per heavy atom. The monoisotopic (exact) mass is 433 g/mol. The van der Waals surface area contributed by atoms with Crippen molar-refractivity contribution in [1.29, 1.82) is 0 Å². The quantitative estimate of drug-likeness (QED) is 0.416. The van der Waals surface area contributed by atoms with Gasteiger partial charge in [0.05, 0.1) is 0 Å². The van der Waals surface area contributed by atoms with Crippen molar-refractivity contribution in [2.45, 2.75) is 6.54 Å². The van der Waals surface area contributed by atoms with Crippen LogP contribution in [0.15, 0.2) is 79.1 Å². The summed E-state index contributed by atoms with van der Waals surface area (Å²) in [6.07, 6.45) is 3.48. The van der Waals surface area contributed by atoms with Gasteiger partial charge in [0, 0.05) is 33.8 Å². The first-order valence-electron chi connectivity index (χ1n) is 7.51. The molecule has 4 nitrogen and oxygen atoms in total. The van der Waals surface area contributed by atoms with Gasteiger partial charge in [-0.25, -0.2) is 0 Å². The number of carbonyl (C=O) groups is 2. The number of rotatable bonds is 5. The minimum atomic E-state index is -0.0354. The molecule has 3 aromatic rings. The predicted molar refractivity (Wildman–Crippen MR) is 95.9 cm³/mol. The van der Waals surface area contributed by atoms with Crippen LogP contribution in [-0.4, -0.2) is 17.0 Å². The van der Waals surface area contributed by atoms with Gasteiger partial charge in [0.25, 0.3) is 0 Å². The van der Waals surface area contributed by atoms with Crippen molar-refractivity contribution in [3.05, 3.63) is 101 Å². The molecule has 0 spiro atoms. The number of halogens is 2. The molecule has 2 N–H and O–H groups in total. The number of hydrogen-bond donors (Lipinski definition) is 0. The molecule has 0 bridgehead atoms. The summed E-state index contributed by atoms with van der Waals surface area (Å²) in [6.45, 7) is 0.210. The number of benzene rings is 2. The fourth-order valence-electron chi connectivity index (χ4n) is 2.36. The van der Waals surface area contributed by atoms with Gasteiger partial charge in [-0.05, 0) is 24.3 Å². The average molecular weight is 435 g/mol. The van der Waals surface area contributed by atoms with E-state index in [1.165, 1.54) is 0 Å². The topological polar surface area (TPSA) is 69.5 Å². The highest BCUT2D eigenvalue weighted by atomic mass is 79.9. The highest BCUT2D eigenvalue weighted by Crippen LogP contribution is 2.10. The zero-order chi connectivity index (χ0) is 16.9. The summed E-state index contributed by atoms with van der Waals surface area (Å²) in [5.74, 6) is -0.0504. The third kappa shape index (κ3) is 5.33. The van der Waals surface area contributed by atoms with E-state index in [1.807, 2.05) is 18.2 Å². The van der Waals surface area contributed by atoms with Crippen LogP contribution in [0.3, 0.4) is 0 Å². The Bertz CT molecular complexity index is 866. The first kappa shape index (κ1) is 21.7. The number of hydrogen-bond acceptors (Lipinski definition) is 2. The van der Waals surface area contributed by atoms with Gasteiger partial charge in [-0.1, -0.05) is 41.9 Å². The number of ketones is 2. The van der Waals surface area contributed by atoms with Crippen LogP contribution in [0.1, 0.15) is 26.3 Å². The van der Waals surface area contributed by atoms with E-state index in [0.29, 0.717) is 21.7 Å². The van der Waals surface area contributed by atoms with Crippen molar-refractivity contribution in [2.24, 2.45) is 0 Å². The average Bonchev–Trinajstić information content (AvgIpc) is 2.63. The van der Waals surface area contributed by atoms with Crippen molar-refractivity contribution in [1.82, 2.24) is 0 Å². The molecule has 3 rings (SSSR count). The van der Waals surface area contributed by atoms with Crippen LogP contribution in [-0.2, 0) is 6.54 Å². The van der Waals surface area contributed by atoms with E-state index >= 15 is 0 Å². The standard InChI is InChI=1S/C20H15ClNO2.BrH.H2O/c21-18-8-6-15(7-9-18)19(23)14-22-12-10-17(11-13-22)20(24)16-4-2-1-3-5-16;;/h1-13H,14H2;1H;1H2/q+1;;/p-1. The summed E-state index contributed by atoms with van der Waals surface area (Å²) in [6, 6.07) is 19.4. The van der Waals surface area contributed by atoms with Crippen LogP contribution >= 0.6 is 11.6 Å². The van der Waals surface area contributed by atoms with Crippen molar-refractivity contribution < 1.29 is 36.6 Å². The van der Waals surface area contributed by atoms with E-state index in [0.717, 1.165) is 0 Å². The Kier molecular flexibility index (Phi) is 8.32. The lowest BCUT2D eigenvalue weighted by atomic mass is 10.0. The van der Waals surface area contributed by atoms with Crippen LogP contribution < -0.4 is 21.5 Å². The van der Waals surface area contributed by atoms with Crippen LogP contribution in [0.5, 0.6) is 0 Å². The van der Waals surface area contributed by atoms with Crippen molar-refractivity contribution in [3.8, 4) is 0 Å². The fourth-order valence-corrected chi connectivity index (χ4v) is 2.49. The van der Waals surface area contributed by atoms with E-state index in [2.05, 4.69) is 0 Å². The van der Waals surface area contributed by atoms with Gasteiger partial charge in [0.15, 0.2) is 18.2 Å². The van der Waals surface area contributed by atoms with Gasteiger partial charge in [-0.2, -0.15) is 4.57 Å². The SMILES string of the molecule is O.O=C(C[n+]1ccc(C(=O)c2ccccc2)cc1)c1ccc(Cl)cc1.[Br-]. The molecule has 0 radical (unpaired) electrons. The van der Waals surface area contributed by atoms with Gasteiger partial charge >= 0.3 is 0 Å². The predicted octanol–water partition coefficient (Wildman–Crippen LogP) is -0.0793. The zero-order valence-corrected chi connectivity index (χ0v) is 16.1. The Morgan fingerprint density at radius 2 is 1.31 bits per heavy atom. The van der Waals surface area contributed by atoms with E-state index in [4.69, 9.17) is 11.6 Å². The molecule has 1 aromatic heterocycles. The summed E-state index contributed by atoms with van der Waals surface area (Å²) in [5, 5.41) is 0.600. The lowest BCUT2D eigenvalue weighted by Gasteiger charge is -2.01. The molecule has 0 unspecified atom stereocenters. The van der Waals surface area contributed by atoms with Crippen molar-refractivity contribution >= 4 is 23.2 Å². The second kappa shape index (κ2) is 9.97. The summed E-state index contributed by atoms with van der Waals surface area (Å²) in [5.41, 5.74) is 1.85. The second-order valence-corrected chi connectivity index (χ2v) is 5.82. The fraction of sp³-hybridized carbons (Fsp3) is 0.0500. The first-order chi connectivity index (χ1) is 11.6. The lowest BCUT2D eigenvalue weighted by molar-refractivity contribution is -0.683. The molecule has 0 aliphatic heterocycles. The minimum absolute atomic E-state index is 0. The summed E-state index contributed by atoms with van der Waals surface area (Å²) in [7, 11) is 0. The molecular weight excluding hydrogens is 418 g/mol. The van der Waals surface area contributed by atoms with Gasteiger partial charge in [0.1, 0.15) is 0 Å². The van der Waals surface area contributed by atoms with E-state index in [9.17, 15) is 9.59 Å². The number of pyridine rings is 1. The van der Waals surface area contributed by atoms with Crippen molar-refractivity contribution in [2.75, 3.05) is 0 Å². The number of nitrogens with zero attached hydrogens (tertiary/aromatic N) is 1. The van der Waals surface area contributed by atoms with E-state index < -0.39 is 0 Å². The number of carbonyl (C=O) groups excluding carboxylic acids is 2. The largest absolute Gasteiger partial charge is 1.00 e. The first-order valence-corrected chi connectivity index (χ1v) is 7.89. The molecule has 1 heterocycles. The smallest absolute Gasteiger partial charge is 0.227 e. The van der Waals surface area contributed by atoms with Gasteiger partial charge in [0.2, 0.25) is 12.3 Å². The van der Waals surface area contributed by atoms with Crippen LogP contribution in [0.25, 0.3) is 0 Å². The molecule has 0 saturated heterocycles. The minimum Gasteiger partial charge on any atom is -1.00 e. The normalized spacial score (nSPS) is 9.58. The van der Waals surface area contributed by atoms with Crippen LogP contribution in [0.2, 0.25) is 5.02 Å². The third-order valence-electron chi connectivity index (χ3n) is 3.68. The maximum atomic E-state index is 12.3. The highest BCUT2D eigenvalue weighted by Gasteiger charge is 2.14. The molecule has 0 fully saturated rings. The molecule has 26 heavy (non-hydrogen) atoms. The summed E-state index contributed by atoms with van der Waals surface area (Å²) >= 11 is 5.83. The maximum absolute atomic E-state index is 12.3. The lowest BCUT2D eigenvalue weighted by Crippen LogP contribution is -3.00. The van der Waals surface area contributed by atoms with Gasteiger partial charge < -0.3 is 22.5 Å². The molecule has 2 aromatic carbocycles. The molecular formula is C20H17BrClNO3. The zero-order valence-electron chi connectivity index (χ0n) is 13.7. The summed E-state index contributed by atoms with van der Waals surface area (Å²) in [4.78, 5) is 24.6. The molecule has 0 aliphatic carbocycles. The molecule has 0 amide bonds. The molecule has 134 valence electrons. The summed E-state index contributed by atoms with van der Waals surface area (Å²) < 4.78 is 1.75. The van der Waals surface area contributed by atoms with Gasteiger partial charge in [-0.15, -0.1) is 0 Å². The number of aromatic nitrogens is 1. The Morgan fingerprint density at radius 3 is 1.88 bits per heavy atom. The third-order valence-corrected chi connectivity index (χ3v) is 3.93. The number of Topliss-reactive ketones (excluding diaryl/α,β-unsaturated/α-hetero) is 1. The Labute approximate surface area is 167 Å². The molecule has 0 aliphatic rings.